The van der Waals surface area contributed by atoms with Gasteiger partial charge in [-0.1, -0.05) is 53.2 Å². The fourth-order valence-electron chi connectivity index (χ4n) is 4.85. The van der Waals surface area contributed by atoms with E-state index in [1.807, 2.05) is 20.8 Å². The molecule has 7 amide bonds. The monoisotopic (exact) mass is 684 g/mol. The molecule has 0 bridgehead atoms. The van der Waals surface area contributed by atoms with Crippen LogP contribution in [-0.4, -0.2) is 71.6 Å². The Labute approximate surface area is 288 Å². The van der Waals surface area contributed by atoms with Gasteiger partial charge in [0.2, 0.25) is 17.7 Å². The van der Waals surface area contributed by atoms with E-state index in [1.54, 1.807) is 38.1 Å². The van der Waals surface area contributed by atoms with Gasteiger partial charge in [-0.2, -0.15) is 0 Å². The van der Waals surface area contributed by atoms with Crippen LogP contribution in [0.2, 0.25) is 0 Å². The standard InChI is InChI=1S/C35H52N6O8/c1-22(2)24(5)34(47)49-21-25-13-15-26(16-14-25)38-32(45)27(11-8-9-19-37-35(36)48)39-33(46)31(23(3)4)40-28(42)12-7-6-10-20-41-29(43)17-18-30(41)44/h13-18,22-24,27,31H,6-12,19-21H2,1-5H3,(H,38,45)(H,39,46)(H,40,42)(H3,36,37,48)/t24?,27-,31-/m1/s1. The number of nitrogens with two attached hydrogens (primary N) is 1. The molecule has 0 spiro atoms. The van der Waals surface area contributed by atoms with Crippen molar-refractivity contribution in [2.75, 3.05) is 18.4 Å². The quantitative estimate of drug-likeness (QED) is 0.0738. The molecule has 0 aromatic heterocycles. The Hall–Kier alpha value is -4.75. The minimum Gasteiger partial charge on any atom is -0.461 e. The summed E-state index contributed by atoms with van der Waals surface area (Å²) in [5, 5.41) is 10.9. The summed E-state index contributed by atoms with van der Waals surface area (Å²) in [6, 6.07) is 4.33. The molecule has 14 heteroatoms. The zero-order valence-electron chi connectivity index (χ0n) is 29.2. The molecule has 1 unspecified atom stereocenters. The van der Waals surface area contributed by atoms with Gasteiger partial charge in [0.1, 0.15) is 18.7 Å². The third-order valence-corrected chi connectivity index (χ3v) is 8.28. The van der Waals surface area contributed by atoms with Gasteiger partial charge in [-0.3, -0.25) is 33.7 Å². The fraction of sp³-hybridized carbons (Fsp3) is 0.571. The Bertz CT molecular complexity index is 1330. The first-order valence-electron chi connectivity index (χ1n) is 16.9. The SMILES string of the molecule is CC(C)C(C)C(=O)OCc1ccc(NC(=O)[C@@H](CCCCNC(N)=O)NC(=O)[C@H](NC(=O)CCCCCN2C(=O)C=CC2=O)C(C)C)cc1. The van der Waals surface area contributed by atoms with Crippen molar-refractivity contribution in [1.29, 1.82) is 0 Å². The van der Waals surface area contributed by atoms with Crippen molar-refractivity contribution >= 4 is 47.2 Å². The molecule has 0 fully saturated rings. The second-order valence-electron chi connectivity index (χ2n) is 12.9. The Morgan fingerprint density at radius 3 is 2.04 bits per heavy atom. The van der Waals surface area contributed by atoms with Gasteiger partial charge in [-0.25, -0.2) is 4.79 Å². The first-order valence-corrected chi connectivity index (χ1v) is 16.9. The Morgan fingerprint density at radius 2 is 1.45 bits per heavy atom. The molecule has 1 aromatic rings. The van der Waals surface area contributed by atoms with E-state index in [1.165, 1.54) is 12.2 Å². The van der Waals surface area contributed by atoms with Crippen LogP contribution in [0.25, 0.3) is 0 Å². The van der Waals surface area contributed by atoms with Crippen LogP contribution in [-0.2, 0) is 40.1 Å². The number of urea groups is 1. The number of esters is 1. The number of hydrogen-bond donors (Lipinski definition) is 5. The summed E-state index contributed by atoms with van der Waals surface area (Å²) in [6.07, 6.45) is 5.56. The molecule has 6 N–H and O–H groups in total. The van der Waals surface area contributed by atoms with E-state index in [0.29, 0.717) is 44.3 Å². The lowest BCUT2D eigenvalue weighted by Gasteiger charge is -2.25. The molecule has 0 aliphatic carbocycles. The number of benzene rings is 1. The number of carbonyl (C=O) groups excluding carboxylic acids is 7. The lowest BCUT2D eigenvalue weighted by Crippen LogP contribution is -2.54. The number of nitrogens with one attached hydrogen (secondary N) is 4. The van der Waals surface area contributed by atoms with Gasteiger partial charge in [0.15, 0.2) is 0 Å². The molecule has 0 saturated carbocycles. The van der Waals surface area contributed by atoms with E-state index in [-0.39, 0.29) is 67.4 Å². The molecular weight excluding hydrogens is 632 g/mol. The second-order valence-corrected chi connectivity index (χ2v) is 12.9. The Morgan fingerprint density at radius 1 is 0.796 bits per heavy atom. The number of amides is 7. The molecule has 270 valence electrons. The van der Waals surface area contributed by atoms with Crippen LogP contribution in [0.3, 0.4) is 0 Å². The van der Waals surface area contributed by atoms with Crippen molar-refractivity contribution in [2.45, 2.75) is 98.3 Å². The van der Waals surface area contributed by atoms with Crippen molar-refractivity contribution < 1.29 is 38.3 Å². The molecular formula is C35H52N6O8. The third kappa shape index (κ3) is 14.5. The maximum Gasteiger partial charge on any atom is 0.312 e. The second kappa shape index (κ2) is 20.6. The van der Waals surface area contributed by atoms with Gasteiger partial charge in [-0.15, -0.1) is 0 Å². The van der Waals surface area contributed by atoms with Crippen molar-refractivity contribution in [3.8, 4) is 0 Å². The van der Waals surface area contributed by atoms with Gasteiger partial charge in [0.05, 0.1) is 5.92 Å². The summed E-state index contributed by atoms with van der Waals surface area (Å²) in [6.45, 7) is 9.99. The van der Waals surface area contributed by atoms with Crippen molar-refractivity contribution in [3.63, 3.8) is 0 Å². The van der Waals surface area contributed by atoms with Crippen molar-refractivity contribution in [1.82, 2.24) is 20.9 Å². The molecule has 2 rings (SSSR count). The van der Waals surface area contributed by atoms with E-state index in [0.717, 1.165) is 10.5 Å². The zero-order valence-corrected chi connectivity index (χ0v) is 29.2. The molecule has 3 atom stereocenters. The van der Waals surface area contributed by atoms with Crippen LogP contribution in [0.1, 0.15) is 85.1 Å². The molecule has 49 heavy (non-hydrogen) atoms. The fourth-order valence-corrected chi connectivity index (χ4v) is 4.85. The predicted octanol–water partition coefficient (Wildman–Crippen LogP) is 2.91. The van der Waals surface area contributed by atoms with Crippen molar-refractivity contribution in [2.24, 2.45) is 23.5 Å². The van der Waals surface area contributed by atoms with E-state index < -0.39 is 29.9 Å². The Balaban J connectivity index is 1.96. The minimum atomic E-state index is -0.942. The van der Waals surface area contributed by atoms with Gasteiger partial charge in [0.25, 0.3) is 11.8 Å². The van der Waals surface area contributed by atoms with Crippen LogP contribution in [0, 0.1) is 17.8 Å². The molecule has 0 saturated heterocycles. The number of anilines is 1. The highest BCUT2D eigenvalue weighted by molar-refractivity contribution is 6.12. The van der Waals surface area contributed by atoms with Crippen LogP contribution < -0.4 is 27.0 Å². The summed E-state index contributed by atoms with van der Waals surface area (Å²) < 4.78 is 5.40. The number of carbonyl (C=O) groups is 7. The van der Waals surface area contributed by atoms with E-state index in [4.69, 9.17) is 10.5 Å². The highest BCUT2D eigenvalue weighted by atomic mass is 16.5. The van der Waals surface area contributed by atoms with E-state index in [2.05, 4.69) is 21.3 Å². The summed E-state index contributed by atoms with van der Waals surface area (Å²) in [4.78, 5) is 87.3. The van der Waals surface area contributed by atoms with Gasteiger partial charge < -0.3 is 31.7 Å². The Kier molecular flexibility index (Phi) is 17.0. The summed E-state index contributed by atoms with van der Waals surface area (Å²) in [5.41, 5.74) is 6.36. The summed E-state index contributed by atoms with van der Waals surface area (Å²) in [7, 11) is 0. The number of nitrogens with zero attached hydrogens (tertiary/aromatic N) is 1. The highest BCUT2D eigenvalue weighted by Gasteiger charge is 2.29. The predicted molar refractivity (Wildman–Crippen MR) is 183 cm³/mol. The van der Waals surface area contributed by atoms with Gasteiger partial charge in [0, 0.05) is 37.3 Å². The van der Waals surface area contributed by atoms with E-state index in [9.17, 15) is 33.6 Å². The number of hydrogen-bond acceptors (Lipinski definition) is 8. The number of ether oxygens (including phenoxy) is 1. The normalized spacial score (nSPS) is 14.4. The third-order valence-electron chi connectivity index (χ3n) is 8.28. The molecule has 1 aliphatic rings. The first-order chi connectivity index (χ1) is 23.2. The number of imide groups is 1. The number of primary amides is 1. The number of unbranched alkanes of at least 4 members (excludes halogenated alkanes) is 3. The maximum absolute atomic E-state index is 13.4. The van der Waals surface area contributed by atoms with Gasteiger partial charge in [-0.05, 0) is 61.6 Å². The topological polar surface area (TPSA) is 206 Å². The molecule has 1 aliphatic heterocycles. The molecule has 1 heterocycles. The van der Waals surface area contributed by atoms with Crippen LogP contribution >= 0.6 is 0 Å². The lowest BCUT2D eigenvalue weighted by atomic mass is 9.99. The molecule has 1 aromatic carbocycles. The first kappa shape index (κ1) is 40.4. The zero-order chi connectivity index (χ0) is 36.5. The lowest BCUT2D eigenvalue weighted by molar-refractivity contribution is -0.150. The van der Waals surface area contributed by atoms with Crippen LogP contribution in [0.5, 0.6) is 0 Å². The van der Waals surface area contributed by atoms with Crippen molar-refractivity contribution in [3.05, 3.63) is 42.0 Å². The smallest absolute Gasteiger partial charge is 0.312 e. The highest BCUT2D eigenvalue weighted by Crippen LogP contribution is 2.16. The average molecular weight is 685 g/mol. The van der Waals surface area contributed by atoms with Crippen LogP contribution in [0.4, 0.5) is 10.5 Å². The minimum absolute atomic E-state index is 0.1000. The van der Waals surface area contributed by atoms with Crippen LogP contribution in [0.15, 0.2) is 36.4 Å². The van der Waals surface area contributed by atoms with Gasteiger partial charge >= 0.3 is 12.0 Å². The number of rotatable bonds is 21. The van der Waals surface area contributed by atoms with E-state index >= 15 is 0 Å². The largest absolute Gasteiger partial charge is 0.461 e. The molecule has 14 nitrogen and oxygen atoms in total. The maximum atomic E-state index is 13.4. The average Bonchev–Trinajstić information content (AvgIpc) is 3.37. The molecule has 0 radical (unpaired) electrons. The summed E-state index contributed by atoms with van der Waals surface area (Å²) >= 11 is 0. The summed E-state index contributed by atoms with van der Waals surface area (Å²) in [5.74, 6) is -2.60.